The van der Waals surface area contributed by atoms with Crippen molar-refractivity contribution < 1.29 is 14.3 Å². The Morgan fingerprint density at radius 1 is 1.30 bits per heavy atom. The molecule has 0 bridgehead atoms. The van der Waals surface area contributed by atoms with Gasteiger partial charge in [-0.2, -0.15) is 0 Å². The minimum atomic E-state index is -0.229. The van der Waals surface area contributed by atoms with Crippen LogP contribution in [0.5, 0.6) is 0 Å². The number of hydrogen-bond acceptors (Lipinski definition) is 3. The van der Waals surface area contributed by atoms with Gasteiger partial charge in [-0.15, -0.1) is 0 Å². The van der Waals surface area contributed by atoms with Gasteiger partial charge in [-0.3, -0.25) is 9.59 Å². The number of amides is 1. The Labute approximate surface area is 127 Å². The molecule has 0 atom stereocenters. The highest BCUT2D eigenvalue weighted by Gasteiger charge is 2.01. The molecule has 0 fully saturated rings. The van der Waals surface area contributed by atoms with E-state index in [4.69, 9.17) is 4.74 Å². The molecule has 1 aromatic carbocycles. The summed E-state index contributed by atoms with van der Waals surface area (Å²) in [5.74, 6) is -0.399. The van der Waals surface area contributed by atoms with Gasteiger partial charge >= 0.3 is 5.97 Å². The van der Waals surface area contributed by atoms with E-state index in [0.29, 0.717) is 26.0 Å². The molecule has 0 aliphatic heterocycles. The first-order chi connectivity index (χ1) is 9.61. The third-order valence-corrected chi connectivity index (χ3v) is 2.99. The summed E-state index contributed by atoms with van der Waals surface area (Å²) >= 11 is 3.35. The zero-order valence-corrected chi connectivity index (χ0v) is 13.0. The maximum absolute atomic E-state index is 11.5. The van der Waals surface area contributed by atoms with Crippen LogP contribution in [0.2, 0.25) is 0 Å². The number of nitrogens with one attached hydrogen (secondary N) is 1. The summed E-state index contributed by atoms with van der Waals surface area (Å²) in [5, 5.41) is 2.72. The van der Waals surface area contributed by atoms with Gasteiger partial charge < -0.3 is 10.1 Å². The van der Waals surface area contributed by atoms with E-state index >= 15 is 0 Å². The number of carbonyl (C=O) groups excluding carboxylic acids is 2. The van der Waals surface area contributed by atoms with Crippen LogP contribution in [-0.2, 0) is 14.3 Å². The van der Waals surface area contributed by atoms with E-state index in [1.807, 2.05) is 24.3 Å². The van der Waals surface area contributed by atoms with Crippen LogP contribution < -0.4 is 5.32 Å². The molecule has 1 N–H and O–H groups in total. The highest BCUT2D eigenvalue weighted by molar-refractivity contribution is 9.10. The number of halogens is 1. The third kappa shape index (κ3) is 7.09. The number of hydrogen-bond donors (Lipinski definition) is 1. The molecule has 108 valence electrons. The Morgan fingerprint density at radius 2 is 2.00 bits per heavy atom. The molecule has 0 aliphatic carbocycles. The summed E-state index contributed by atoms with van der Waals surface area (Å²) in [4.78, 5) is 22.6. The highest BCUT2D eigenvalue weighted by Crippen LogP contribution is 2.11. The fourth-order valence-electron chi connectivity index (χ4n) is 1.48. The summed E-state index contributed by atoms with van der Waals surface area (Å²) in [6.45, 7) is 2.62. The minimum absolute atomic E-state index is 0.170. The van der Waals surface area contributed by atoms with Crippen molar-refractivity contribution in [1.82, 2.24) is 5.32 Å². The molecule has 0 heterocycles. The predicted molar refractivity (Wildman–Crippen MR) is 82.1 cm³/mol. The van der Waals surface area contributed by atoms with Gasteiger partial charge in [0, 0.05) is 23.5 Å². The number of esters is 1. The molecule has 0 aliphatic rings. The second-order valence-electron chi connectivity index (χ2n) is 4.08. The fourth-order valence-corrected chi connectivity index (χ4v) is 1.75. The number of benzene rings is 1. The van der Waals surface area contributed by atoms with Crippen LogP contribution in [0.25, 0.3) is 6.08 Å². The van der Waals surface area contributed by atoms with Gasteiger partial charge in [0.05, 0.1) is 6.61 Å². The largest absolute Gasteiger partial charge is 0.466 e. The minimum Gasteiger partial charge on any atom is -0.466 e. The summed E-state index contributed by atoms with van der Waals surface area (Å²) in [6, 6.07) is 7.65. The van der Waals surface area contributed by atoms with Crippen molar-refractivity contribution in [2.24, 2.45) is 0 Å². The zero-order chi connectivity index (χ0) is 14.8. The molecular weight excluding hydrogens is 322 g/mol. The summed E-state index contributed by atoms with van der Waals surface area (Å²) in [7, 11) is 0. The van der Waals surface area contributed by atoms with Crippen LogP contribution in [-0.4, -0.2) is 25.0 Å². The molecule has 0 saturated heterocycles. The molecule has 0 spiro atoms. The van der Waals surface area contributed by atoms with Gasteiger partial charge in [0.1, 0.15) is 0 Å². The van der Waals surface area contributed by atoms with E-state index < -0.39 is 0 Å². The fraction of sp³-hybridized carbons (Fsp3) is 0.333. The lowest BCUT2D eigenvalue weighted by Gasteiger charge is -2.02. The Kier molecular flexibility index (Phi) is 7.65. The van der Waals surface area contributed by atoms with Crippen molar-refractivity contribution in [3.05, 3.63) is 40.4 Å². The Balaban J connectivity index is 2.23. The predicted octanol–water partition coefficient (Wildman–Crippen LogP) is 2.92. The maximum Gasteiger partial charge on any atom is 0.305 e. The lowest BCUT2D eigenvalue weighted by Crippen LogP contribution is -2.22. The molecule has 0 unspecified atom stereocenters. The number of rotatable bonds is 7. The normalized spacial score (nSPS) is 10.5. The van der Waals surface area contributed by atoms with Gasteiger partial charge in [0.2, 0.25) is 5.91 Å². The smallest absolute Gasteiger partial charge is 0.305 e. The van der Waals surface area contributed by atoms with Crippen LogP contribution in [0.15, 0.2) is 34.8 Å². The number of ether oxygens (including phenoxy) is 1. The van der Waals surface area contributed by atoms with E-state index in [0.717, 1.165) is 10.0 Å². The van der Waals surface area contributed by atoms with Gasteiger partial charge in [-0.05, 0) is 37.1 Å². The van der Waals surface area contributed by atoms with E-state index in [2.05, 4.69) is 21.2 Å². The van der Waals surface area contributed by atoms with Gasteiger partial charge in [-0.1, -0.05) is 28.1 Å². The summed E-state index contributed by atoms with van der Waals surface area (Å²) < 4.78 is 5.79. The van der Waals surface area contributed by atoms with Crippen molar-refractivity contribution >= 4 is 33.9 Å². The lowest BCUT2D eigenvalue weighted by atomic mass is 10.2. The molecule has 20 heavy (non-hydrogen) atoms. The average molecular weight is 340 g/mol. The molecule has 1 amide bonds. The Morgan fingerprint density at radius 3 is 2.65 bits per heavy atom. The SMILES string of the molecule is CCOC(=O)CCCNC(=O)C=Cc1ccc(Br)cc1. The van der Waals surface area contributed by atoms with E-state index in [1.165, 1.54) is 6.08 Å². The molecular formula is C15H18BrNO3. The van der Waals surface area contributed by atoms with Crippen LogP contribution in [0.4, 0.5) is 0 Å². The standard InChI is InChI=1S/C15H18BrNO3/c1-2-20-15(19)4-3-11-17-14(18)10-7-12-5-8-13(16)9-6-12/h5-10H,2-4,11H2,1H3,(H,17,18). The van der Waals surface area contributed by atoms with Crippen molar-refractivity contribution in [3.63, 3.8) is 0 Å². The first-order valence-electron chi connectivity index (χ1n) is 6.49. The number of carbonyl (C=O) groups is 2. The lowest BCUT2D eigenvalue weighted by molar-refractivity contribution is -0.143. The van der Waals surface area contributed by atoms with E-state index in [-0.39, 0.29) is 11.9 Å². The van der Waals surface area contributed by atoms with Gasteiger partial charge in [-0.25, -0.2) is 0 Å². The van der Waals surface area contributed by atoms with Crippen molar-refractivity contribution in [2.75, 3.05) is 13.2 Å². The van der Waals surface area contributed by atoms with Crippen LogP contribution in [0.3, 0.4) is 0 Å². The quantitative estimate of drug-likeness (QED) is 0.472. The second-order valence-corrected chi connectivity index (χ2v) is 5.00. The third-order valence-electron chi connectivity index (χ3n) is 2.46. The van der Waals surface area contributed by atoms with E-state index in [1.54, 1.807) is 13.0 Å². The zero-order valence-electron chi connectivity index (χ0n) is 11.4. The van der Waals surface area contributed by atoms with Crippen molar-refractivity contribution in [3.8, 4) is 0 Å². The second kappa shape index (κ2) is 9.31. The Bertz CT molecular complexity index is 469. The van der Waals surface area contributed by atoms with Gasteiger partial charge in [0.15, 0.2) is 0 Å². The molecule has 0 saturated carbocycles. The molecule has 0 radical (unpaired) electrons. The molecule has 1 aromatic rings. The van der Waals surface area contributed by atoms with Crippen molar-refractivity contribution in [1.29, 1.82) is 0 Å². The maximum atomic E-state index is 11.5. The Hall–Kier alpha value is -1.62. The highest BCUT2D eigenvalue weighted by atomic mass is 79.9. The molecule has 0 aromatic heterocycles. The van der Waals surface area contributed by atoms with Crippen LogP contribution in [0.1, 0.15) is 25.3 Å². The van der Waals surface area contributed by atoms with Gasteiger partial charge in [0.25, 0.3) is 0 Å². The topological polar surface area (TPSA) is 55.4 Å². The molecule has 5 heteroatoms. The molecule has 1 rings (SSSR count). The monoisotopic (exact) mass is 339 g/mol. The van der Waals surface area contributed by atoms with E-state index in [9.17, 15) is 9.59 Å². The first kappa shape index (κ1) is 16.4. The van der Waals surface area contributed by atoms with Crippen LogP contribution >= 0.6 is 15.9 Å². The summed E-state index contributed by atoms with van der Waals surface area (Å²) in [5.41, 5.74) is 0.954. The summed E-state index contributed by atoms with van der Waals surface area (Å²) in [6.07, 6.45) is 4.13. The first-order valence-corrected chi connectivity index (χ1v) is 7.28. The van der Waals surface area contributed by atoms with Crippen LogP contribution in [0, 0.1) is 0 Å². The molecule has 4 nitrogen and oxygen atoms in total. The van der Waals surface area contributed by atoms with Crippen molar-refractivity contribution in [2.45, 2.75) is 19.8 Å². The average Bonchev–Trinajstić information content (AvgIpc) is 2.43.